The van der Waals surface area contributed by atoms with Gasteiger partial charge in [-0.15, -0.1) is 0 Å². The van der Waals surface area contributed by atoms with Crippen molar-refractivity contribution in [3.8, 4) is 0 Å². The van der Waals surface area contributed by atoms with Crippen molar-refractivity contribution in [3.05, 3.63) is 35.5 Å². The molecule has 0 aromatic carbocycles. The molecule has 120 valence electrons. The molecule has 1 aliphatic rings. The molecule has 5 unspecified atom stereocenters. The summed E-state index contributed by atoms with van der Waals surface area (Å²) in [6, 6.07) is 0. The zero-order valence-corrected chi connectivity index (χ0v) is 15.4. The topological polar surface area (TPSA) is 0 Å². The monoisotopic (exact) mass is 288 g/mol. The summed E-state index contributed by atoms with van der Waals surface area (Å²) < 4.78 is 0. The highest BCUT2D eigenvalue weighted by Gasteiger charge is 2.33. The van der Waals surface area contributed by atoms with E-state index in [0.717, 1.165) is 11.8 Å². The minimum Gasteiger partial charge on any atom is -0.0999 e. The molecule has 0 spiro atoms. The lowest BCUT2D eigenvalue weighted by Crippen LogP contribution is -2.30. The van der Waals surface area contributed by atoms with Gasteiger partial charge in [0.2, 0.25) is 0 Å². The second-order valence-corrected chi connectivity index (χ2v) is 7.76. The lowest BCUT2D eigenvalue weighted by molar-refractivity contribution is 0.184. The van der Waals surface area contributed by atoms with Gasteiger partial charge in [0.1, 0.15) is 0 Å². The number of hydrogen-bond donors (Lipinski definition) is 0. The van der Waals surface area contributed by atoms with Crippen LogP contribution in [-0.4, -0.2) is 0 Å². The number of rotatable bonds is 3. The van der Waals surface area contributed by atoms with Crippen molar-refractivity contribution >= 4 is 0 Å². The van der Waals surface area contributed by atoms with Gasteiger partial charge >= 0.3 is 0 Å². The average molecular weight is 289 g/mol. The van der Waals surface area contributed by atoms with Crippen LogP contribution in [0.3, 0.4) is 0 Å². The summed E-state index contributed by atoms with van der Waals surface area (Å²) in [4.78, 5) is 0. The van der Waals surface area contributed by atoms with Crippen molar-refractivity contribution in [2.75, 3.05) is 0 Å². The Hall–Kier alpha value is -0.780. The van der Waals surface area contributed by atoms with Gasteiger partial charge in [0, 0.05) is 0 Å². The molecule has 0 heterocycles. The second kappa shape index (κ2) is 8.01. The molecule has 0 bridgehead atoms. The maximum absolute atomic E-state index is 4.27. The molecule has 1 rings (SSSR count). The van der Waals surface area contributed by atoms with E-state index in [9.17, 15) is 0 Å². The van der Waals surface area contributed by atoms with Crippen LogP contribution in [0.25, 0.3) is 0 Å². The molecule has 0 heteroatoms. The first kappa shape index (κ1) is 18.3. The van der Waals surface area contributed by atoms with Crippen LogP contribution >= 0.6 is 0 Å². The summed E-state index contributed by atoms with van der Waals surface area (Å²) in [7, 11) is 0. The molecule has 0 amide bonds. The van der Waals surface area contributed by atoms with Crippen LogP contribution in [-0.2, 0) is 0 Å². The Labute approximate surface area is 133 Å². The van der Waals surface area contributed by atoms with Crippen molar-refractivity contribution < 1.29 is 0 Å². The fourth-order valence-corrected chi connectivity index (χ4v) is 4.02. The fraction of sp³-hybridized carbons (Fsp3) is 0.714. The van der Waals surface area contributed by atoms with Crippen molar-refractivity contribution in [3.63, 3.8) is 0 Å². The highest BCUT2D eigenvalue weighted by Crippen LogP contribution is 2.42. The van der Waals surface area contributed by atoms with E-state index >= 15 is 0 Å². The highest BCUT2D eigenvalue weighted by atomic mass is 14.4. The van der Waals surface area contributed by atoms with Crippen molar-refractivity contribution in [2.24, 2.45) is 29.6 Å². The normalized spacial score (nSPS) is 31.8. The van der Waals surface area contributed by atoms with Gasteiger partial charge < -0.3 is 0 Å². The largest absolute Gasteiger partial charge is 0.0999 e. The van der Waals surface area contributed by atoms with E-state index in [-0.39, 0.29) is 0 Å². The third kappa shape index (κ3) is 4.87. The van der Waals surface area contributed by atoms with Gasteiger partial charge in [0.15, 0.2) is 0 Å². The maximum atomic E-state index is 4.27. The molecular formula is C21H36. The third-order valence-corrected chi connectivity index (χ3v) is 5.69. The molecule has 0 saturated carbocycles. The summed E-state index contributed by atoms with van der Waals surface area (Å²) in [6.07, 6.45) is 8.61. The molecule has 0 radical (unpaired) electrons. The molecular weight excluding hydrogens is 252 g/mol. The van der Waals surface area contributed by atoms with E-state index in [0.29, 0.717) is 17.8 Å². The van der Waals surface area contributed by atoms with Gasteiger partial charge in [-0.05, 0) is 76.5 Å². The molecule has 21 heavy (non-hydrogen) atoms. The molecule has 0 aromatic rings. The van der Waals surface area contributed by atoms with Gasteiger partial charge in [-0.1, -0.05) is 56.2 Å². The van der Waals surface area contributed by atoms with E-state index in [1.165, 1.54) is 30.4 Å². The lowest BCUT2D eigenvalue weighted by Gasteiger charge is -2.38. The molecule has 0 aliphatic heterocycles. The quantitative estimate of drug-likeness (QED) is 0.501. The van der Waals surface area contributed by atoms with E-state index in [4.69, 9.17) is 0 Å². The van der Waals surface area contributed by atoms with Crippen LogP contribution in [0.4, 0.5) is 0 Å². The lowest BCUT2D eigenvalue weighted by atomic mass is 9.67. The predicted molar refractivity (Wildman–Crippen MR) is 96.3 cm³/mol. The smallest absolute Gasteiger partial charge is 0.0132 e. The van der Waals surface area contributed by atoms with Crippen molar-refractivity contribution in [1.29, 1.82) is 0 Å². The van der Waals surface area contributed by atoms with Crippen molar-refractivity contribution in [1.82, 2.24) is 0 Å². The molecule has 0 N–H and O–H groups in total. The Morgan fingerprint density at radius 2 is 1.62 bits per heavy atom. The van der Waals surface area contributed by atoms with Crippen LogP contribution in [0.5, 0.6) is 0 Å². The van der Waals surface area contributed by atoms with Crippen LogP contribution in [0.15, 0.2) is 35.5 Å². The maximum Gasteiger partial charge on any atom is -0.0132 e. The number of allylic oxidation sites excluding steroid dienone is 5. The Balaban J connectivity index is 3.23. The summed E-state index contributed by atoms with van der Waals surface area (Å²) in [5, 5.41) is 0. The first-order valence-electron chi connectivity index (χ1n) is 8.70. The third-order valence-electron chi connectivity index (χ3n) is 5.69. The summed E-state index contributed by atoms with van der Waals surface area (Å²) in [5.74, 6) is 3.52. The number of hydrogen-bond acceptors (Lipinski definition) is 0. The Kier molecular flexibility index (Phi) is 6.97. The highest BCUT2D eigenvalue weighted by molar-refractivity contribution is 5.16. The minimum absolute atomic E-state index is 0.595. The summed E-state index contributed by atoms with van der Waals surface area (Å²) >= 11 is 0. The summed E-state index contributed by atoms with van der Waals surface area (Å²) in [5.41, 5.74) is 4.43. The SMILES string of the molecule is C=C(C)C(C)C1C(C)CC(C)CC=CCC1C(C)=C(C)C. The average Bonchev–Trinajstić information content (AvgIpc) is 2.46. The van der Waals surface area contributed by atoms with Crippen LogP contribution in [0, 0.1) is 29.6 Å². The van der Waals surface area contributed by atoms with Crippen LogP contribution < -0.4 is 0 Å². The fourth-order valence-electron chi connectivity index (χ4n) is 4.02. The molecule has 1 aliphatic carbocycles. The van der Waals surface area contributed by atoms with E-state index in [1.54, 1.807) is 5.57 Å². The van der Waals surface area contributed by atoms with Crippen LogP contribution in [0.2, 0.25) is 0 Å². The molecule has 5 atom stereocenters. The Morgan fingerprint density at radius 1 is 1.05 bits per heavy atom. The zero-order chi connectivity index (χ0) is 16.2. The van der Waals surface area contributed by atoms with Gasteiger partial charge in [-0.3, -0.25) is 0 Å². The molecule has 0 saturated heterocycles. The first-order chi connectivity index (χ1) is 9.75. The van der Waals surface area contributed by atoms with Gasteiger partial charge in [-0.2, -0.15) is 0 Å². The van der Waals surface area contributed by atoms with Crippen molar-refractivity contribution in [2.45, 2.75) is 67.7 Å². The molecule has 0 aromatic heterocycles. The van der Waals surface area contributed by atoms with Gasteiger partial charge in [0.05, 0.1) is 0 Å². The standard InChI is InChI=1S/C21H36/c1-14(2)18(7)20-12-10-9-11-16(5)13-17(6)21(20)19(8)15(3)4/h9-10,16-17,19-21H,3,11-13H2,1-2,4-8H3. The van der Waals surface area contributed by atoms with E-state index in [1.807, 2.05) is 0 Å². The van der Waals surface area contributed by atoms with E-state index in [2.05, 4.69) is 67.2 Å². The second-order valence-electron chi connectivity index (χ2n) is 7.76. The molecule has 0 nitrogen and oxygen atoms in total. The first-order valence-corrected chi connectivity index (χ1v) is 8.70. The Morgan fingerprint density at radius 3 is 2.14 bits per heavy atom. The van der Waals surface area contributed by atoms with Gasteiger partial charge in [-0.25, -0.2) is 0 Å². The van der Waals surface area contributed by atoms with Gasteiger partial charge in [0.25, 0.3) is 0 Å². The zero-order valence-electron chi connectivity index (χ0n) is 15.4. The molecule has 0 fully saturated rings. The Bertz CT molecular complexity index is 406. The summed E-state index contributed by atoms with van der Waals surface area (Å²) in [6.45, 7) is 20.6. The van der Waals surface area contributed by atoms with Crippen LogP contribution in [0.1, 0.15) is 67.7 Å². The minimum atomic E-state index is 0.595. The predicted octanol–water partition coefficient (Wildman–Crippen LogP) is 6.80. The van der Waals surface area contributed by atoms with E-state index < -0.39 is 0 Å².